The molecular formula is C35H32N6O. The van der Waals surface area contributed by atoms with E-state index >= 15 is 0 Å². The Hall–Kier alpha value is -5.17. The second kappa shape index (κ2) is 12.1. The number of rotatable bonds is 11. The summed E-state index contributed by atoms with van der Waals surface area (Å²) < 4.78 is 2.00. The molecule has 0 radical (unpaired) electrons. The molecule has 0 aliphatic heterocycles. The van der Waals surface area contributed by atoms with E-state index in [0.717, 1.165) is 59.2 Å². The third-order valence-corrected chi connectivity index (χ3v) is 7.68. The van der Waals surface area contributed by atoms with Crippen LogP contribution >= 0.6 is 0 Å². The quantitative estimate of drug-likeness (QED) is 0.134. The van der Waals surface area contributed by atoms with Crippen molar-refractivity contribution in [1.82, 2.24) is 29.8 Å². The summed E-state index contributed by atoms with van der Waals surface area (Å²) in [5.74, 6) is 1.47. The smallest absolute Gasteiger partial charge is 0.204 e. The molecule has 7 nitrogen and oxygen atoms in total. The zero-order chi connectivity index (χ0) is 28.8. The standard InChI is InChI=1S/C35H32N6O/c1-2-3-19-33-36-24-32(26-42)40(33)25-27-20-22-28(23-21-27)34-37-39-41(38-34)35(29-13-7-4-8-14-29,30-15-9-5-10-16-30)31-17-11-6-12-18-31/h4-18,20-24,26H,2-3,19,25H2,1H3. The normalized spacial score (nSPS) is 11.5. The number of benzene rings is 4. The van der Waals surface area contributed by atoms with Crippen LogP contribution in [0.15, 0.2) is 121 Å². The van der Waals surface area contributed by atoms with E-state index in [2.05, 4.69) is 58.6 Å². The topological polar surface area (TPSA) is 78.5 Å². The van der Waals surface area contributed by atoms with Crippen LogP contribution in [0.5, 0.6) is 0 Å². The highest BCUT2D eigenvalue weighted by atomic mass is 16.1. The molecule has 2 heterocycles. The molecule has 42 heavy (non-hydrogen) atoms. The summed E-state index contributed by atoms with van der Waals surface area (Å²) in [4.78, 5) is 17.9. The van der Waals surface area contributed by atoms with E-state index in [4.69, 9.17) is 5.10 Å². The number of carbonyl (C=O) groups is 1. The fraction of sp³-hybridized carbons (Fsp3) is 0.171. The van der Waals surface area contributed by atoms with Crippen molar-refractivity contribution < 1.29 is 4.79 Å². The lowest BCUT2D eigenvalue weighted by Crippen LogP contribution is -2.39. The lowest BCUT2D eigenvalue weighted by molar-refractivity contribution is 0.111. The van der Waals surface area contributed by atoms with E-state index in [-0.39, 0.29) is 0 Å². The Bertz CT molecular complexity index is 1650. The Balaban J connectivity index is 1.38. The van der Waals surface area contributed by atoms with Gasteiger partial charge < -0.3 is 4.57 Å². The van der Waals surface area contributed by atoms with E-state index in [1.807, 2.05) is 83.4 Å². The molecule has 7 heteroatoms. The van der Waals surface area contributed by atoms with Gasteiger partial charge in [-0.2, -0.15) is 0 Å². The first-order valence-corrected chi connectivity index (χ1v) is 14.3. The molecule has 0 saturated carbocycles. The number of hydrogen-bond acceptors (Lipinski definition) is 5. The zero-order valence-corrected chi connectivity index (χ0v) is 23.5. The summed E-state index contributed by atoms with van der Waals surface area (Å²) >= 11 is 0. The molecule has 2 aromatic heterocycles. The lowest BCUT2D eigenvalue weighted by Gasteiger charge is -2.34. The van der Waals surface area contributed by atoms with Gasteiger partial charge in [0, 0.05) is 18.5 Å². The van der Waals surface area contributed by atoms with Gasteiger partial charge in [0.15, 0.2) is 11.8 Å². The van der Waals surface area contributed by atoms with E-state index in [0.29, 0.717) is 18.1 Å². The van der Waals surface area contributed by atoms with E-state index in [1.165, 1.54) is 0 Å². The van der Waals surface area contributed by atoms with Gasteiger partial charge in [-0.3, -0.25) is 4.79 Å². The molecule has 0 unspecified atom stereocenters. The van der Waals surface area contributed by atoms with Crippen LogP contribution in [0.2, 0.25) is 0 Å². The van der Waals surface area contributed by atoms with Crippen LogP contribution in [0.3, 0.4) is 0 Å². The molecule has 4 aromatic carbocycles. The molecule has 0 aliphatic carbocycles. The maximum atomic E-state index is 11.6. The first-order valence-electron chi connectivity index (χ1n) is 14.3. The third kappa shape index (κ3) is 5.05. The first kappa shape index (κ1) is 27.0. The molecule has 208 valence electrons. The van der Waals surface area contributed by atoms with E-state index < -0.39 is 5.54 Å². The first-order chi connectivity index (χ1) is 20.7. The third-order valence-electron chi connectivity index (χ3n) is 7.68. The maximum Gasteiger partial charge on any atom is 0.204 e. The number of carbonyl (C=O) groups excluding carboxylic acids is 1. The number of imidazole rings is 1. The summed E-state index contributed by atoms with van der Waals surface area (Å²) in [6.07, 6.45) is 5.49. The molecule has 0 fully saturated rings. The van der Waals surface area contributed by atoms with Crippen LogP contribution < -0.4 is 0 Å². The number of unbranched alkanes of at least 4 members (excludes halogenated alkanes) is 1. The van der Waals surface area contributed by atoms with Crippen LogP contribution in [0, 0.1) is 0 Å². The van der Waals surface area contributed by atoms with Crippen LogP contribution in [-0.4, -0.2) is 36.0 Å². The maximum absolute atomic E-state index is 11.6. The van der Waals surface area contributed by atoms with Gasteiger partial charge in [0.05, 0.1) is 6.20 Å². The average molecular weight is 553 g/mol. The fourth-order valence-electron chi connectivity index (χ4n) is 5.54. The number of aromatic nitrogens is 6. The predicted octanol–water partition coefficient (Wildman–Crippen LogP) is 6.58. The largest absolute Gasteiger partial charge is 0.321 e. The molecule has 0 N–H and O–H groups in total. The van der Waals surface area contributed by atoms with Crippen molar-refractivity contribution in [2.45, 2.75) is 38.3 Å². The Morgan fingerprint density at radius 3 is 1.86 bits per heavy atom. The molecule has 0 spiro atoms. The average Bonchev–Trinajstić information content (AvgIpc) is 3.70. The van der Waals surface area contributed by atoms with Crippen LogP contribution in [0.1, 0.15) is 58.3 Å². The van der Waals surface area contributed by atoms with E-state index in [1.54, 1.807) is 11.0 Å². The van der Waals surface area contributed by atoms with Crippen molar-refractivity contribution in [3.63, 3.8) is 0 Å². The number of hydrogen-bond donors (Lipinski definition) is 0. The van der Waals surface area contributed by atoms with Gasteiger partial charge in [-0.1, -0.05) is 129 Å². The minimum Gasteiger partial charge on any atom is -0.321 e. The summed E-state index contributed by atoms with van der Waals surface area (Å²) in [6, 6.07) is 39.0. The second-order valence-corrected chi connectivity index (χ2v) is 10.3. The minimum absolute atomic E-state index is 0.536. The Morgan fingerprint density at radius 1 is 0.762 bits per heavy atom. The van der Waals surface area contributed by atoms with Crippen molar-refractivity contribution in [3.05, 3.63) is 155 Å². The van der Waals surface area contributed by atoms with Crippen molar-refractivity contribution in [2.24, 2.45) is 0 Å². The van der Waals surface area contributed by atoms with Crippen molar-refractivity contribution in [1.29, 1.82) is 0 Å². The summed E-state index contributed by atoms with van der Waals surface area (Å²) in [6.45, 7) is 2.73. The molecule has 0 atom stereocenters. The van der Waals surface area contributed by atoms with Crippen LogP contribution in [0.25, 0.3) is 11.4 Å². The molecule has 6 rings (SSSR count). The number of tetrazole rings is 1. The highest BCUT2D eigenvalue weighted by molar-refractivity contribution is 5.72. The summed E-state index contributed by atoms with van der Waals surface area (Å²) in [5, 5.41) is 14.2. The number of aryl methyl sites for hydroxylation is 1. The Kier molecular flexibility index (Phi) is 7.81. The summed E-state index contributed by atoms with van der Waals surface area (Å²) in [5.41, 5.74) is 4.80. The second-order valence-electron chi connectivity index (χ2n) is 10.3. The molecule has 0 amide bonds. The van der Waals surface area contributed by atoms with Crippen LogP contribution in [0.4, 0.5) is 0 Å². The van der Waals surface area contributed by atoms with Gasteiger partial charge in [0.25, 0.3) is 0 Å². The van der Waals surface area contributed by atoms with Crippen molar-refractivity contribution in [2.75, 3.05) is 0 Å². The van der Waals surface area contributed by atoms with Gasteiger partial charge in [-0.05, 0) is 33.9 Å². The predicted molar refractivity (Wildman–Crippen MR) is 163 cm³/mol. The summed E-state index contributed by atoms with van der Waals surface area (Å²) in [7, 11) is 0. The zero-order valence-electron chi connectivity index (χ0n) is 23.5. The highest BCUT2D eigenvalue weighted by Crippen LogP contribution is 2.39. The van der Waals surface area contributed by atoms with E-state index in [9.17, 15) is 4.79 Å². The van der Waals surface area contributed by atoms with Gasteiger partial charge in [0.1, 0.15) is 11.5 Å². The molecule has 0 saturated heterocycles. The SMILES string of the molecule is CCCCc1ncc(C=O)n1Cc1ccc(-c2nnn(C(c3ccccc3)(c3ccccc3)c3ccccc3)n2)cc1. The lowest BCUT2D eigenvalue weighted by atomic mass is 9.77. The van der Waals surface area contributed by atoms with Crippen LogP contribution in [-0.2, 0) is 18.5 Å². The van der Waals surface area contributed by atoms with Crippen molar-refractivity contribution in [3.8, 4) is 11.4 Å². The molecule has 0 bridgehead atoms. The fourth-order valence-corrected chi connectivity index (χ4v) is 5.54. The Labute approximate surface area is 245 Å². The number of nitrogens with zero attached hydrogens (tertiary/aromatic N) is 6. The van der Waals surface area contributed by atoms with Gasteiger partial charge >= 0.3 is 0 Å². The monoisotopic (exact) mass is 552 g/mol. The molecule has 0 aliphatic rings. The van der Waals surface area contributed by atoms with Gasteiger partial charge in [0.2, 0.25) is 5.82 Å². The van der Waals surface area contributed by atoms with Gasteiger partial charge in [-0.25, -0.2) is 4.98 Å². The minimum atomic E-state index is -0.823. The van der Waals surface area contributed by atoms with Gasteiger partial charge in [-0.15, -0.1) is 15.0 Å². The molecule has 6 aromatic rings. The number of aldehydes is 1. The highest BCUT2D eigenvalue weighted by Gasteiger charge is 2.41. The molecular weight excluding hydrogens is 520 g/mol. The van der Waals surface area contributed by atoms with Crippen molar-refractivity contribution >= 4 is 6.29 Å². The Morgan fingerprint density at radius 2 is 1.33 bits per heavy atom.